The summed E-state index contributed by atoms with van der Waals surface area (Å²) in [5.41, 5.74) is 0.0231. The van der Waals surface area contributed by atoms with E-state index in [4.69, 9.17) is 5.11 Å². The van der Waals surface area contributed by atoms with E-state index in [0.717, 1.165) is 25.5 Å². The first-order chi connectivity index (χ1) is 7.68. The van der Waals surface area contributed by atoms with Crippen LogP contribution in [0, 0.1) is 5.41 Å². The highest BCUT2D eigenvalue weighted by atomic mass is 16.4. The van der Waals surface area contributed by atoms with Crippen LogP contribution in [0.3, 0.4) is 0 Å². The van der Waals surface area contributed by atoms with Crippen LogP contribution in [-0.2, 0) is 4.79 Å². The highest BCUT2D eigenvalue weighted by Crippen LogP contribution is 2.35. The first-order valence-electron chi connectivity index (χ1n) is 5.90. The molecule has 1 rings (SSSR count). The van der Waals surface area contributed by atoms with E-state index in [-0.39, 0.29) is 12.0 Å². The van der Waals surface area contributed by atoms with Crippen molar-refractivity contribution in [2.24, 2.45) is 5.41 Å². The van der Waals surface area contributed by atoms with Crippen LogP contribution in [0.2, 0.25) is 0 Å². The van der Waals surface area contributed by atoms with Crippen LogP contribution in [-0.4, -0.2) is 35.9 Å². The summed E-state index contributed by atoms with van der Waals surface area (Å²) in [4.78, 5) is 10.2. The summed E-state index contributed by atoms with van der Waals surface area (Å²) in [6.45, 7) is 1.55. The van der Waals surface area contributed by atoms with Crippen molar-refractivity contribution in [1.82, 2.24) is 5.32 Å². The van der Waals surface area contributed by atoms with Crippen molar-refractivity contribution in [3.63, 3.8) is 0 Å². The van der Waals surface area contributed by atoms with Crippen LogP contribution < -0.4 is 5.32 Å². The molecule has 1 aliphatic carbocycles. The fourth-order valence-corrected chi connectivity index (χ4v) is 2.27. The first-order valence-corrected chi connectivity index (χ1v) is 5.90. The molecular weight excluding hydrogens is 206 g/mol. The summed E-state index contributed by atoms with van der Waals surface area (Å²) in [6, 6.07) is 0. The van der Waals surface area contributed by atoms with E-state index in [1.165, 1.54) is 19.3 Å². The van der Waals surface area contributed by atoms with Crippen LogP contribution >= 0.6 is 0 Å². The average Bonchev–Trinajstić information content (AvgIpc) is 2.29. The largest absolute Gasteiger partial charge is 0.478 e. The molecule has 0 aromatic carbocycles. The van der Waals surface area contributed by atoms with Crippen LogP contribution in [0.25, 0.3) is 0 Å². The molecule has 0 heterocycles. The summed E-state index contributed by atoms with van der Waals surface area (Å²) >= 11 is 0. The van der Waals surface area contributed by atoms with E-state index in [2.05, 4.69) is 5.32 Å². The van der Waals surface area contributed by atoms with Gasteiger partial charge in [0.05, 0.1) is 0 Å². The zero-order valence-corrected chi connectivity index (χ0v) is 9.61. The van der Waals surface area contributed by atoms with Gasteiger partial charge in [-0.25, -0.2) is 4.79 Å². The van der Waals surface area contributed by atoms with Crippen LogP contribution in [0.1, 0.15) is 32.1 Å². The lowest BCUT2D eigenvalue weighted by Crippen LogP contribution is -2.39. The van der Waals surface area contributed by atoms with E-state index in [1.807, 2.05) is 0 Å². The summed E-state index contributed by atoms with van der Waals surface area (Å²) in [5.74, 6) is -0.920. The van der Waals surface area contributed by atoms with Gasteiger partial charge in [0.1, 0.15) is 0 Å². The molecule has 0 saturated heterocycles. The number of hydrogen-bond donors (Lipinski definition) is 3. The Labute approximate surface area is 96.4 Å². The Morgan fingerprint density at radius 3 is 2.56 bits per heavy atom. The van der Waals surface area contributed by atoms with Crippen LogP contribution in [0.15, 0.2) is 12.2 Å². The maximum absolute atomic E-state index is 10.2. The van der Waals surface area contributed by atoms with E-state index < -0.39 is 5.97 Å². The summed E-state index contributed by atoms with van der Waals surface area (Å²) in [7, 11) is 0. The van der Waals surface area contributed by atoms with Gasteiger partial charge in [-0.05, 0) is 12.8 Å². The molecule has 1 saturated carbocycles. The Balaban J connectivity index is 2.25. The second-order valence-electron chi connectivity index (χ2n) is 4.59. The summed E-state index contributed by atoms with van der Waals surface area (Å²) in [6.07, 6.45) is 8.51. The van der Waals surface area contributed by atoms with Crippen molar-refractivity contribution >= 4 is 5.97 Å². The lowest BCUT2D eigenvalue weighted by atomic mass is 9.74. The average molecular weight is 227 g/mol. The van der Waals surface area contributed by atoms with Gasteiger partial charge in [-0.3, -0.25) is 0 Å². The van der Waals surface area contributed by atoms with Crippen molar-refractivity contribution in [1.29, 1.82) is 0 Å². The van der Waals surface area contributed by atoms with E-state index in [9.17, 15) is 9.90 Å². The maximum Gasteiger partial charge on any atom is 0.328 e. The molecule has 16 heavy (non-hydrogen) atoms. The number of aliphatic carboxylic acids is 1. The predicted octanol–water partition coefficient (Wildman–Crippen LogP) is 1.16. The van der Waals surface area contributed by atoms with Gasteiger partial charge in [0.2, 0.25) is 0 Å². The predicted molar refractivity (Wildman–Crippen MR) is 62.2 cm³/mol. The van der Waals surface area contributed by atoms with Crippen molar-refractivity contribution in [2.45, 2.75) is 32.1 Å². The number of carboxylic acids is 1. The molecule has 3 N–H and O–H groups in total. The number of aliphatic hydroxyl groups excluding tert-OH is 1. The Kier molecular flexibility index (Phi) is 5.49. The topological polar surface area (TPSA) is 69.6 Å². The van der Waals surface area contributed by atoms with Crippen molar-refractivity contribution in [3.8, 4) is 0 Å². The van der Waals surface area contributed by atoms with Gasteiger partial charge >= 0.3 is 5.97 Å². The normalized spacial score (nSPS) is 20.1. The number of carboxylic acid groups (broad SMARTS) is 1. The number of carbonyl (C=O) groups is 1. The van der Waals surface area contributed by atoms with E-state index in [1.54, 1.807) is 6.08 Å². The molecule has 0 atom stereocenters. The molecule has 0 radical (unpaired) electrons. The number of rotatable bonds is 6. The molecule has 4 heteroatoms. The summed E-state index contributed by atoms with van der Waals surface area (Å²) in [5, 5.41) is 21.0. The number of aliphatic hydroxyl groups is 1. The minimum Gasteiger partial charge on any atom is -0.478 e. The molecule has 4 nitrogen and oxygen atoms in total. The van der Waals surface area contributed by atoms with Crippen LogP contribution in [0.5, 0.6) is 0 Å². The van der Waals surface area contributed by atoms with Gasteiger partial charge in [0.25, 0.3) is 0 Å². The van der Waals surface area contributed by atoms with Crippen molar-refractivity contribution in [2.75, 3.05) is 19.7 Å². The van der Waals surface area contributed by atoms with Gasteiger partial charge in [-0.2, -0.15) is 0 Å². The molecule has 92 valence electrons. The summed E-state index contributed by atoms with van der Waals surface area (Å²) < 4.78 is 0. The second kappa shape index (κ2) is 6.66. The molecule has 0 aromatic rings. The lowest BCUT2D eigenvalue weighted by Gasteiger charge is -2.35. The fourth-order valence-electron chi connectivity index (χ4n) is 2.27. The zero-order valence-electron chi connectivity index (χ0n) is 9.61. The van der Waals surface area contributed by atoms with Crippen LogP contribution in [0.4, 0.5) is 0 Å². The number of nitrogens with one attached hydrogen (secondary N) is 1. The van der Waals surface area contributed by atoms with Gasteiger partial charge in [0.15, 0.2) is 0 Å². The molecule has 0 bridgehead atoms. The van der Waals surface area contributed by atoms with Gasteiger partial charge < -0.3 is 15.5 Å². The first kappa shape index (κ1) is 13.2. The monoisotopic (exact) mass is 227 g/mol. The highest BCUT2D eigenvalue weighted by molar-refractivity contribution is 5.79. The second-order valence-corrected chi connectivity index (χ2v) is 4.59. The molecule has 0 amide bonds. The van der Waals surface area contributed by atoms with E-state index in [0.29, 0.717) is 6.54 Å². The molecule has 1 fully saturated rings. The standard InChI is InChI=1S/C12H21NO3/c14-10-12(6-2-1-3-7-12)9-13-8-4-5-11(15)16/h4-5,13-14H,1-3,6-10H2,(H,15,16)/b5-4+. The number of hydrogen-bond acceptors (Lipinski definition) is 3. The maximum atomic E-state index is 10.2. The zero-order chi connectivity index (χ0) is 11.9. The third-order valence-electron chi connectivity index (χ3n) is 3.27. The van der Waals surface area contributed by atoms with Gasteiger partial charge in [0, 0.05) is 31.2 Å². The minimum absolute atomic E-state index is 0.0231. The Hall–Kier alpha value is -0.870. The van der Waals surface area contributed by atoms with Crippen molar-refractivity contribution in [3.05, 3.63) is 12.2 Å². The molecular formula is C12H21NO3. The molecule has 0 aromatic heterocycles. The Morgan fingerprint density at radius 2 is 2.00 bits per heavy atom. The highest BCUT2D eigenvalue weighted by Gasteiger charge is 2.30. The Morgan fingerprint density at radius 1 is 1.31 bits per heavy atom. The molecule has 0 unspecified atom stereocenters. The Bertz CT molecular complexity index is 245. The molecule has 0 spiro atoms. The smallest absolute Gasteiger partial charge is 0.328 e. The lowest BCUT2D eigenvalue weighted by molar-refractivity contribution is -0.131. The third-order valence-corrected chi connectivity index (χ3v) is 3.27. The third kappa shape index (κ3) is 4.33. The minimum atomic E-state index is -0.920. The SMILES string of the molecule is O=C(O)/C=C/CNCC1(CO)CCCCC1. The van der Waals surface area contributed by atoms with Gasteiger partial charge in [-0.15, -0.1) is 0 Å². The molecule has 0 aliphatic heterocycles. The van der Waals surface area contributed by atoms with Gasteiger partial charge in [-0.1, -0.05) is 25.3 Å². The fraction of sp³-hybridized carbons (Fsp3) is 0.750. The quantitative estimate of drug-likeness (QED) is 0.470. The van der Waals surface area contributed by atoms with E-state index >= 15 is 0 Å². The molecule has 1 aliphatic rings. The van der Waals surface area contributed by atoms with Crippen molar-refractivity contribution < 1.29 is 15.0 Å².